The Balaban J connectivity index is 1.83. The van der Waals surface area contributed by atoms with Gasteiger partial charge in [-0.25, -0.2) is 4.90 Å². The highest BCUT2D eigenvalue weighted by Crippen LogP contribution is 2.36. The summed E-state index contributed by atoms with van der Waals surface area (Å²) in [7, 11) is 1.58. The number of hydrogen-bond donors (Lipinski definition) is 0. The number of rotatable bonds is 7. The SMILES string of the molecule is CCN(Cc1ccccc1)C1=C(c2ccc(C)c(C)c2)C(=O)N(c2ccc(OC)cc2)C1=O. The van der Waals surface area contributed by atoms with Gasteiger partial charge in [-0.3, -0.25) is 9.59 Å². The zero-order chi connectivity index (χ0) is 23.5. The summed E-state index contributed by atoms with van der Waals surface area (Å²) in [6, 6.07) is 22.9. The summed E-state index contributed by atoms with van der Waals surface area (Å²) in [6.07, 6.45) is 0. The molecular weight excluding hydrogens is 412 g/mol. The van der Waals surface area contributed by atoms with Crippen LogP contribution in [0.4, 0.5) is 5.69 Å². The number of benzene rings is 3. The van der Waals surface area contributed by atoms with Gasteiger partial charge >= 0.3 is 0 Å². The van der Waals surface area contributed by atoms with Crippen molar-refractivity contribution >= 4 is 23.1 Å². The summed E-state index contributed by atoms with van der Waals surface area (Å²) >= 11 is 0. The minimum Gasteiger partial charge on any atom is -0.497 e. The lowest BCUT2D eigenvalue weighted by Crippen LogP contribution is -2.35. The molecule has 1 aliphatic rings. The summed E-state index contributed by atoms with van der Waals surface area (Å²) in [6.45, 7) is 7.18. The molecule has 0 saturated carbocycles. The van der Waals surface area contributed by atoms with E-state index >= 15 is 0 Å². The van der Waals surface area contributed by atoms with Gasteiger partial charge in [0.05, 0.1) is 18.4 Å². The summed E-state index contributed by atoms with van der Waals surface area (Å²) in [4.78, 5) is 30.8. The molecule has 0 N–H and O–H groups in total. The minimum absolute atomic E-state index is 0.309. The highest BCUT2D eigenvalue weighted by Gasteiger charge is 2.42. The Labute approximate surface area is 194 Å². The molecular formula is C28H28N2O3. The number of ether oxygens (including phenoxy) is 1. The number of methoxy groups -OCH3 is 1. The molecule has 0 aromatic heterocycles. The predicted octanol–water partition coefficient (Wildman–Crippen LogP) is 5.12. The van der Waals surface area contributed by atoms with Gasteiger partial charge < -0.3 is 9.64 Å². The van der Waals surface area contributed by atoms with E-state index in [9.17, 15) is 9.59 Å². The van der Waals surface area contributed by atoms with Crippen molar-refractivity contribution in [3.8, 4) is 5.75 Å². The van der Waals surface area contributed by atoms with Crippen molar-refractivity contribution in [2.45, 2.75) is 27.3 Å². The summed E-state index contributed by atoms with van der Waals surface area (Å²) in [5.74, 6) is 0.0470. The summed E-state index contributed by atoms with van der Waals surface area (Å²) in [5.41, 5.74) is 5.46. The van der Waals surface area contributed by atoms with Crippen molar-refractivity contribution in [2.24, 2.45) is 0 Å². The smallest absolute Gasteiger partial charge is 0.282 e. The fraction of sp³-hybridized carbons (Fsp3) is 0.214. The van der Waals surface area contributed by atoms with Crippen LogP contribution in [0.2, 0.25) is 0 Å². The number of carbonyl (C=O) groups is 2. The van der Waals surface area contributed by atoms with Crippen molar-refractivity contribution < 1.29 is 14.3 Å². The largest absolute Gasteiger partial charge is 0.497 e. The van der Waals surface area contributed by atoms with Crippen LogP contribution in [0.5, 0.6) is 5.75 Å². The van der Waals surface area contributed by atoms with E-state index in [1.807, 2.05) is 74.2 Å². The van der Waals surface area contributed by atoms with Gasteiger partial charge in [-0.1, -0.05) is 48.5 Å². The van der Waals surface area contributed by atoms with Crippen LogP contribution in [-0.2, 0) is 16.1 Å². The average Bonchev–Trinajstić information content (AvgIpc) is 3.09. The molecule has 2 amide bonds. The first-order valence-electron chi connectivity index (χ1n) is 11.1. The highest BCUT2D eigenvalue weighted by atomic mass is 16.5. The van der Waals surface area contributed by atoms with Crippen molar-refractivity contribution in [3.63, 3.8) is 0 Å². The van der Waals surface area contributed by atoms with Gasteiger partial charge in [0.1, 0.15) is 11.4 Å². The van der Waals surface area contributed by atoms with E-state index in [1.54, 1.807) is 31.4 Å². The number of hydrogen-bond acceptors (Lipinski definition) is 4. The van der Waals surface area contributed by atoms with Gasteiger partial charge in [-0.15, -0.1) is 0 Å². The lowest BCUT2D eigenvalue weighted by molar-refractivity contribution is -0.120. The lowest BCUT2D eigenvalue weighted by atomic mass is 9.99. The Morgan fingerprint density at radius 2 is 1.55 bits per heavy atom. The molecule has 0 saturated heterocycles. The van der Waals surface area contributed by atoms with E-state index in [-0.39, 0.29) is 11.8 Å². The maximum Gasteiger partial charge on any atom is 0.282 e. The molecule has 4 rings (SSSR count). The van der Waals surface area contributed by atoms with Crippen molar-refractivity contribution in [2.75, 3.05) is 18.6 Å². The Hall–Kier alpha value is -3.86. The maximum absolute atomic E-state index is 13.8. The second-order valence-electron chi connectivity index (χ2n) is 8.17. The van der Waals surface area contributed by atoms with Crippen LogP contribution in [-0.4, -0.2) is 30.4 Å². The van der Waals surface area contributed by atoms with Crippen molar-refractivity contribution in [1.29, 1.82) is 0 Å². The van der Waals surface area contributed by atoms with Crippen molar-refractivity contribution in [3.05, 3.63) is 101 Å². The molecule has 5 nitrogen and oxygen atoms in total. The van der Waals surface area contributed by atoms with E-state index in [2.05, 4.69) is 0 Å². The topological polar surface area (TPSA) is 49.9 Å². The van der Waals surface area contributed by atoms with Gasteiger partial charge in [-0.05, 0) is 67.3 Å². The Morgan fingerprint density at radius 3 is 2.15 bits per heavy atom. The second kappa shape index (κ2) is 9.33. The molecule has 33 heavy (non-hydrogen) atoms. The first-order valence-corrected chi connectivity index (χ1v) is 11.1. The van der Waals surface area contributed by atoms with Crippen LogP contribution in [0.25, 0.3) is 5.57 Å². The fourth-order valence-electron chi connectivity index (χ4n) is 4.09. The van der Waals surface area contributed by atoms with Crippen molar-refractivity contribution in [1.82, 2.24) is 4.90 Å². The lowest BCUT2D eigenvalue weighted by Gasteiger charge is -2.25. The third kappa shape index (κ3) is 4.27. The van der Waals surface area contributed by atoms with Gasteiger partial charge in [0, 0.05) is 13.1 Å². The molecule has 3 aromatic rings. The standard InChI is InChI=1S/C28H28N2O3/c1-5-29(18-21-9-7-6-8-10-21)26-25(22-12-11-19(2)20(3)17-22)27(31)30(28(26)32)23-13-15-24(33-4)16-14-23/h6-17H,5,18H2,1-4H3. The van der Waals surface area contributed by atoms with Crippen LogP contribution in [0.15, 0.2) is 78.5 Å². The fourth-order valence-corrected chi connectivity index (χ4v) is 4.09. The monoisotopic (exact) mass is 440 g/mol. The van der Waals surface area contributed by atoms with Crippen LogP contribution >= 0.6 is 0 Å². The Morgan fingerprint density at radius 1 is 0.848 bits per heavy atom. The van der Waals surface area contributed by atoms with Gasteiger partial charge in [0.15, 0.2) is 0 Å². The molecule has 1 aliphatic heterocycles. The number of imide groups is 1. The van der Waals surface area contributed by atoms with E-state index in [1.165, 1.54) is 4.90 Å². The zero-order valence-electron chi connectivity index (χ0n) is 19.5. The maximum atomic E-state index is 13.8. The molecule has 1 heterocycles. The van der Waals surface area contributed by atoms with E-state index in [0.29, 0.717) is 35.8 Å². The molecule has 5 heteroatoms. The quantitative estimate of drug-likeness (QED) is 0.479. The molecule has 168 valence electrons. The Bertz CT molecular complexity index is 1210. The third-order valence-corrected chi connectivity index (χ3v) is 6.10. The molecule has 3 aromatic carbocycles. The first-order chi connectivity index (χ1) is 15.9. The van der Waals surface area contributed by atoms with Crippen LogP contribution in [0.3, 0.4) is 0 Å². The van der Waals surface area contributed by atoms with Gasteiger partial charge in [-0.2, -0.15) is 0 Å². The van der Waals surface area contributed by atoms with E-state index in [4.69, 9.17) is 4.74 Å². The molecule has 0 unspecified atom stereocenters. The predicted molar refractivity (Wildman–Crippen MR) is 131 cm³/mol. The molecule has 0 fully saturated rings. The summed E-state index contributed by atoms with van der Waals surface area (Å²) in [5, 5.41) is 0. The molecule has 0 atom stereocenters. The number of aryl methyl sites for hydroxylation is 2. The molecule has 0 radical (unpaired) electrons. The number of carbonyl (C=O) groups excluding carboxylic acids is 2. The average molecular weight is 441 g/mol. The molecule has 0 spiro atoms. The van der Waals surface area contributed by atoms with E-state index < -0.39 is 0 Å². The normalized spacial score (nSPS) is 13.6. The van der Waals surface area contributed by atoms with Gasteiger partial charge in [0.25, 0.3) is 11.8 Å². The molecule has 0 bridgehead atoms. The number of likely N-dealkylation sites (N-methyl/N-ethyl adjacent to an activating group) is 1. The third-order valence-electron chi connectivity index (χ3n) is 6.10. The Kier molecular flexibility index (Phi) is 6.31. The summed E-state index contributed by atoms with van der Waals surface area (Å²) < 4.78 is 5.24. The van der Waals surface area contributed by atoms with Crippen LogP contribution in [0.1, 0.15) is 29.2 Å². The van der Waals surface area contributed by atoms with E-state index in [0.717, 1.165) is 22.3 Å². The first kappa shape index (κ1) is 22.3. The molecule has 0 aliphatic carbocycles. The second-order valence-corrected chi connectivity index (χ2v) is 8.17. The zero-order valence-corrected chi connectivity index (χ0v) is 19.5. The minimum atomic E-state index is -0.310. The highest BCUT2D eigenvalue weighted by molar-refractivity contribution is 6.45. The number of anilines is 1. The van der Waals surface area contributed by atoms with Gasteiger partial charge in [0.2, 0.25) is 0 Å². The number of amides is 2. The number of nitrogens with zero attached hydrogens (tertiary/aromatic N) is 2. The van der Waals surface area contributed by atoms with Crippen LogP contribution in [0, 0.1) is 13.8 Å². The van der Waals surface area contributed by atoms with Crippen LogP contribution < -0.4 is 9.64 Å².